The molecule has 0 spiro atoms. The number of anilines is 1. The van der Waals surface area contributed by atoms with Gasteiger partial charge in [0.2, 0.25) is 6.41 Å². The number of rotatable bonds is 5. The third kappa shape index (κ3) is 2.67. The Hall–Kier alpha value is -1.16. The van der Waals surface area contributed by atoms with Crippen molar-refractivity contribution in [3.63, 3.8) is 0 Å². The molecule has 0 heterocycles. The monoisotopic (exact) mass is 211 g/mol. The average molecular weight is 211 g/mol. The molecule has 0 aromatic heterocycles. The van der Waals surface area contributed by atoms with Gasteiger partial charge in [-0.1, -0.05) is 0 Å². The van der Waals surface area contributed by atoms with Gasteiger partial charge in [0, 0.05) is 5.69 Å². The summed E-state index contributed by atoms with van der Waals surface area (Å²) in [6.45, 7) is 0. The lowest BCUT2D eigenvalue weighted by Gasteiger charge is -2.15. The minimum atomic E-state index is 0.663. The maximum absolute atomic E-state index is 10.7. The molecule has 0 radical (unpaired) electrons. The number of nitrogens with zero attached hydrogens (tertiary/aromatic N) is 1. The Labute approximate surface area is 88.0 Å². The van der Waals surface area contributed by atoms with Crippen LogP contribution in [0, 0.1) is 0 Å². The molecule has 1 amide bonds. The van der Waals surface area contributed by atoms with Gasteiger partial charge >= 0.3 is 0 Å². The van der Waals surface area contributed by atoms with Gasteiger partial charge < -0.3 is 9.64 Å². The molecule has 4 heteroatoms. The summed E-state index contributed by atoms with van der Waals surface area (Å²) in [7, 11) is 1.62. The van der Waals surface area contributed by atoms with Crippen molar-refractivity contribution in [1.29, 1.82) is 0 Å². The third-order valence-electron chi connectivity index (χ3n) is 1.80. The Morgan fingerprint density at radius 1 is 1.43 bits per heavy atom. The first-order valence-corrected chi connectivity index (χ1v) is 5.56. The molecule has 14 heavy (non-hydrogen) atoms. The number of hydrogen-bond donors (Lipinski definition) is 0. The lowest BCUT2D eigenvalue weighted by molar-refractivity contribution is -0.107. The zero-order valence-corrected chi connectivity index (χ0v) is 9.08. The molecule has 0 saturated heterocycles. The van der Waals surface area contributed by atoms with E-state index >= 15 is 0 Å². The van der Waals surface area contributed by atoms with Crippen LogP contribution in [-0.2, 0) is 4.79 Å². The summed E-state index contributed by atoms with van der Waals surface area (Å²) < 4.78 is 5.03. The highest BCUT2D eigenvalue weighted by atomic mass is 32.2. The second-order valence-electron chi connectivity index (χ2n) is 2.69. The van der Waals surface area contributed by atoms with Crippen LogP contribution in [0.1, 0.15) is 0 Å². The molecule has 76 valence electrons. The smallest absolute Gasteiger partial charge is 0.214 e. The molecule has 0 atom stereocenters. The Bertz CT molecular complexity index is 287. The molecule has 0 unspecified atom stereocenters. The quantitative estimate of drug-likeness (QED) is 0.551. The molecular weight excluding hydrogens is 198 g/mol. The summed E-state index contributed by atoms with van der Waals surface area (Å²) in [5.74, 6) is 1.46. The van der Waals surface area contributed by atoms with Crippen molar-refractivity contribution in [2.24, 2.45) is 0 Å². The maximum Gasteiger partial charge on any atom is 0.214 e. The highest BCUT2D eigenvalue weighted by Gasteiger charge is 2.03. The number of ether oxygens (including phenoxy) is 1. The minimum absolute atomic E-state index is 0.663. The second kappa shape index (κ2) is 5.54. The summed E-state index contributed by atoms with van der Waals surface area (Å²) >= 11 is 1.60. The Balaban J connectivity index is 2.78. The van der Waals surface area contributed by atoms with E-state index in [1.54, 1.807) is 23.8 Å². The summed E-state index contributed by atoms with van der Waals surface area (Å²) in [5, 5.41) is 0. The standard InChI is InChI=1S/C10H13NO2S/c1-13-10-5-3-9(4-6-10)11(7-12)8-14-2/h3-7H,8H2,1-2H3. The van der Waals surface area contributed by atoms with Gasteiger partial charge in [0.25, 0.3) is 0 Å². The molecule has 0 bridgehead atoms. The van der Waals surface area contributed by atoms with Crippen molar-refractivity contribution >= 4 is 23.9 Å². The van der Waals surface area contributed by atoms with E-state index in [0.717, 1.165) is 17.8 Å². The summed E-state index contributed by atoms with van der Waals surface area (Å²) in [6, 6.07) is 7.41. The fraction of sp³-hybridized carbons (Fsp3) is 0.300. The fourth-order valence-electron chi connectivity index (χ4n) is 1.08. The minimum Gasteiger partial charge on any atom is -0.497 e. The Morgan fingerprint density at radius 3 is 2.50 bits per heavy atom. The molecular formula is C10H13NO2S. The average Bonchev–Trinajstić information content (AvgIpc) is 2.26. The molecule has 0 saturated carbocycles. The second-order valence-corrected chi connectivity index (χ2v) is 3.53. The third-order valence-corrected chi connectivity index (χ3v) is 2.34. The highest BCUT2D eigenvalue weighted by molar-refractivity contribution is 7.98. The van der Waals surface area contributed by atoms with Crippen LogP contribution in [0.3, 0.4) is 0 Å². The van der Waals surface area contributed by atoms with Crippen LogP contribution in [-0.4, -0.2) is 25.7 Å². The molecule has 0 N–H and O–H groups in total. The van der Waals surface area contributed by atoms with Crippen LogP contribution in [0.4, 0.5) is 5.69 Å². The molecule has 0 fully saturated rings. The highest BCUT2D eigenvalue weighted by Crippen LogP contribution is 2.19. The predicted molar refractivity (Wildman–Crippen MR) is 59.9 cm³/mol. The number of benzene rings is 1. The van der Waals surface area contributed by atoms with E-state index < -0.39 is 0 Å². The van der Waals surface area contributed by atoms with E-state index in [2.05, 4.69) is 0 Å². The van der Waals surface area contributed by atoms with E-state index in [4.69, 9.17) is 4.74 Å². The van der Waals surface area contributed by atoms with Gasteiger partial charge in [0.1, 0.15) is 5.75 Å². The Kier molecular flexibility index (Phi) is 4.32. The van der Waals surface area contributed by atoms with Crippen LogP contribution in [0.15, 0.2) is 24.3 Å². The van der Waals surface area contributed by atoms with Crippen LogP contribution in [0.5, 0.6) is 5.75 Å². The van der Waals surface area contributed by atoms with Gasteiger partial charge in [0.05, 0.1) is 13.0 Å². The van der Waals surface area contributed by atoms with Crippen molar-refractivity contribution < 1.29 is 9.53 Å². The lowest BCUT2D eigenvalue weighted by atomic mass is 10.3. The first-order valence-electron chi connectivity index (χ1n) is 4.16. The van der Waals surface area contributed by atoms with Gasteiger partial charge in [0.15, 0.2) is 0 Å². The number of amides is 1. The van der Waals surface area contributed by atoms with Crippen LogP contribution >= 0.6 is 11.8 Å². The molecule has 3 nitrogen and oxygen atoms in total. The van der Waals surface area contributed by atoms with Crippen LogP contribution < -0.4 is 9.64 Å². The van der Waals surface area contributed by atoms with E-state index in [0.29, 0.717) is 5.88 Å². The SMILES string of the molecule is COc1ccc(N(C=O)CSC)cc1. The van der Waals surface area contributed by atoms with Gasteiger partial charge in [-0.3, -0.25) is 4.79 Å². The number of hydrogen-bond acceptors (Lipinski definition) is 3. The molecule has 0 aliphatic heterocycles. The van der Waals surface area contributed by atoms with Crippen molar-refractivity contribution in [3.05, 3.63) is 24.3 Å². The molecule has 1 rings (SSSR count). The largest absolute Gasteiger partial charge is 0.497 e. The summed E-state index contributed by atoms with van der Waals surface area (Å²) in [6.07, 6.45) is 2.79. The van der Waals surface area contributed by atoms with E-state index in [1.165, 1.54) is 0 Å². The zero-order valence-electron chi connectivity index (χ0n) is 8.27. The van der Waals surface area contributed by atoms with Crippen molar-refractivity contribution in [2.45, 2.75) is 0 Å². The van der Waals surface area contributed by atoms with Crippen molar-refractivity contribution in [1.82, 2.24) is 0 Å². The van der Waals surface area contributed by atoms with E-state index in [9.17, 15) is 4.79 Å². The van der Waals surface area contributed by atoms with Gasteiger partial charge in [-0.25, -0.2) is 0 Å². The normalized spacial score (nSPS) is 9.57. The number of methoxy groups -OCH3 is 1. The summed E-state index contributed by atoms with van der Waals surface area (Å²) in [5.41, 5.74) is 0.884. The van der Waals surface area contributed by atoms with Crippen LogP contribution in [0.25, 0.3) is 0 Å². The van der Waals surface area contributed by atoms with Crippen LogP contribution in [0.2, 0.25) is 0 Å². The van der Waals surface area contributed by atoms with E-state index in [-0.39, 0.29) is 0 Å². The fourth-order valence-corrected chi connectivity index (χ4v) is 1.57. The van der Waals surface area contributed by atoms with E-state index in [1.807, 2.05) is 30.5 Å². The number of carbonyl (C=O) groups is 1. The first kappa shape index (κ1) is 10.9. The predicted octanol–water partition coefficient (Wildman–Crippen LogP) is 1.98. The number of thioether (sulfide) groups is 1. The summed E-state index contributed by atoms with van der Waals surface area (Å²) in [4.78, 5) is 12.4. The lowest BCUT2D eigenvalue weighted by Crippen LogP contribution is -2.19. The first-order chi connectivity index (χ1) is 6.81. The van der Waals surface area contributed by atoms with Gasteiger partial charge in [-0.2, -0.15) is 0 Å². The molecule has 1 aromatic carbocycles. The maximum atomic E-state index is 10.7. The van der Waals surface area contributed by atoms with Crippen molar-refractivity contribution in [3.8, 4) is 5.75 Å². The molecule has 1 aromatic rings. The van der Waals surface area contributed by atoms with Crippen molar-refractivity contribution in [2.75, 3.05) is 24.1 Å². The molecule has 0 aliphatic carbocycles. The zero-order chi connectivity index (χ0) is 10.4. The Morgan fingerprint density at radius 2 is 2.07 bits per heavy atom. The molecule has 0 aliphatic rings. The number of carbonyl (C=O) groups excluding carboxylic acids is 1. The van der Waals surface area contributed by atoms with Gasteiger partial charge in [-0.05, 0) is 30.5 Å². The topological polar surface area (TPSA) is 29.5 Å². The van der Waals surface area contributed by atoms with Gasteiger partial charge in [-0.15, -0.1) is 11.8 Å².